The number of para-hydroxylation sites is 1. The molecule has 220 valence electrons. The van der Waals surface area contributed by atoms with E-state index >= 15 is 0 Å². The molecule has 1 aromatic heterocycles. The van der Waals surface area contributed by atoms with E-state index in [2.05, 4.69) is 5.32 Å². The molecule has 2 amide bonds. The van der Waals surface area contributed by atoms with Gasteiger partial charge in [-0.15, -0.1) is 11.3 Å². The second-order valence-corrected chi connectivity index (χ2v) is 13.0. The molecule has 0 unspecified atom stereocenters. The van der Waals surface area contributed by atoms with Gasteiger partial charge in [0.25, 0.3) is 5.91 Å². The van der Waals surface area contributed by atoms with Gasteiger partial charge in [0.05, 0.1) is 15.3 Å². The zero-order chi connectivity index (χ0) is 29.4. The molecule has 1 heterocycles. The predicted octanol–water partition coefficient (Wildman–Crippen LogP) is 7.27. The predicted molar refractivity (Wildman–Crippen MR) is 165 cm³/mol. The Bertz CT molecular complexity index is 1280. The summed E-state index contributed by atoms with van der Waals surface area (Å²) in [6, 6.07) is 19.6. The summed E-state index contributed by atoms with van der Waals surface area (Å²) in [6.07, 6.45) is 5.24. The molecule has 1 aliphatic carbocycles. The van der Waals surface area contributed by atoms with E-state index in [0.717, 1.165) is 36.8 Å². The van der Waals surface area contributed by atoms with E-state index < -0.39 is 12.1 Å². The van der Waals surface area contributed by atoms with Crippen molar-refractivity contribution in [2.45, 2.75) is 77.6 Å². The molecule has 0 saturated heterocycles. The third-order valence-corrected chi connectivity index (χ3v) is 8.99. The monoisotopic (exact) mass is 596 g/mol. The third-order valence-electron chi connectivity index (χ3n) is 7.77. The molecule has 3 aromatic rings. The number of amides is 2. The van der Waals surface area contributed by atoms with Gasteiger partial charge in [-0.1, -0.05) is 100 Å². The molecule has 6 nitrogen and oxygen atoms in total. The highest BCUT2D eigenvalue weighted by atomic mass is 35.5. The van der Waals surface area contributed by atoms with Gasteiger partial charge in [-0.3, -0.25) is 9.59 Å². The van der Waals surface area contributed by atoms with Crippen molar-refractivity contribution in [2.75, 3.05) is 6.61 Å². The van der Waals surface area contributed by atoms with Crippen molar-refractivity contribution in [1.82, 2.24) is 10.2 Å². The standard InChI is InChI=1S/C33H41ClN2O4S/c1-22(2)30(32(38)35-25-14-8-5-9-15-25)36(33(39)28-18-19-29(34)41-28)31(23(3)20-37)26-16-10-11-17-27(26)40-21-24-12-6-4-7-13-24/h4,6-7,10-13,16-19,22-23,25,30-31,37H,5,8-9,14-15,20-21H2,1-3H3,(H,35,38)/t23-,30+,31+/m1/s1. The van der Waals surface area contributed by atoms with E-state index in [1.165, 1.54) is 17.8 Å². The Morgan fingerprint density at radius 2 is 1.68 bits per heavy atom. The Balaban J connectivity index is 1.78. The van der Waals surface area contributed by atoms with E-state index in [-0.39, 0.29) is 36.3 Å². The average Bonchev–Trinajstić information content (AvgIpc) is 3.42. The van der Waals surface area contributed by atoms with Crippen LogP contribution >= 0.6 is 22.9 Å². The quantitative estimate of drug-likeness (QED) is 0.230. The minimum Gasteiger partial charge on any atom is -0.489 e. The van der Waals surface area contributed by atoms with Crippen molar-refractivity contribution in [3.8, 4) is 5.75 Å². The van der Waals surface area contributed by atoms with Crippen LogP contribution in [0.4, 0.5) is 0 Å². The first-order valence-electron chi connectivity index (χ1n) is 14.5. The fraction of sp³-hybridized carbons (Fsp3) is 0.455. The van der Waals surface area contributed by atoms with Gasteiger partial charge in [0.2, 0.25) is 5.91 Å². The lowest BCUT2D eigenvalue weighted by Crippen LogP contribution is -2.56. The Hall–Kier alpha value is -2.87. The van der Waals surface area contributed by atoms with Crippen LogP contribution in [0.1, 0.15) is 79.7 Å². The summed E-state index contributed by atoms with van der Waals surface area (Å²) >= 11 is 7.46. The normalized spacial score (nSPS) is 16.1. The highest BCUT2D eigenvalue weighted by Gasteiger charge is 2.42. The number of nitrogens with zero attached hydrogens (tertiary/aromatic N) is 1. The molecule has 1 aliphatic rings. The van der Waals surface area contributed by atoms with Crippen LogP contribution in [0.5, 0.6) is 5.75 Å². The van der Waals surface area contributed by atoms with Crippen molar-refractivity contribution in [2.24, 2.45) is 11.8 Å². The number of thiophene rings is 1. The largest absolute Gasteiger partial charge is 0.489 e. The van der Waals surface area contributed by atoms with Crippen molar-refractivity contribution < 1.29 is 19.4 Å². The highest BCUT2D eigenvalue weighted by Crippen LogP contribution is 2.40. The van der Waals surface area contributed by atoms with Crippen molar-refractivity contribution in [1.29, 1.82) is 0 Å². The second kappa shape index (κ2) is 14.9. The van der Waals surface area contributed by atoms with Gasteiger partial charge in [0.15, 0.2) is 0 Å². The average molecular weight is 597 g/mol. The van der Waals surface area contributed by atoms with Crippen LogP contribution in [0.3, 0.4) is 0 Å². The molecule has 0 radical (unpaired) electrons. The summed E-state index contributed by atoms with van der Waals surface area (Å²) in [5.41, 5.74) is 1.76. The summed E-state index contributed by atoms with van der Waals surface area (Å²) < 4.78 is 6.82. The molecule has 1 fully saturated rings. The number of benzene rings is 2. The van der Waals surface area contributed by atoms with E-state index in [1.54, 1.807) is 17.0 Å². The molecule has 2 N–H and O–H groups in total. The number of nitrogens with one attached hydrogen (secondary N) is 1. The molecular formula is C33H41ClN2O4S. The zero-order valence-corrected chi connectivity index (χ0v) is 25.7. The van der Waals surface area contributed by atoms with E-state index in [0.29, 0.717) is 21.6 Å². The fourth-order valence-corrected chi connectivity index (χ4v) is 6.68. The molecule has 1 saturated carbocycles. The molecule has 41 heavy (non-hydrogen) atoms. The molecule has 4 rings (SSSR count). The lowest BCUT2D eigenvalue weighted by molar-refractivity contribution is -0.129. The number of hydrogen-bond donors (Lipinski definition) is 2. The first-order chi connectivity index (χ1) is 19.8. The van der Waals surface area contributed by atoms with Crippen LogP contribution in [0.25, 0.3) is 0 Å². The van der Waals surface area contributed by atoms with Gasteiger partial charge >= 0.3 is 0 Å². The van der Waals surface area contributed by atoms with Crippen LogP contribution in [0.15, 0.2) is 66.7 Å². The Morgan fingerprint density at radius 3 is 2.32 bits per heavy atom. The van der Waals surface area contributed by atoms with E-state index in [9.17, 15) is 14.7 Å². The number of aliphatic hydroxyl groups excluding tert-OH is 1. The Kier molecular flexibility index (Phi) is 11.3. The van der Waals surface area contributed by atoms with Gasteiger partial charge in [-0.05, 0) is 42.5 Å². The van der Waals surface area contributed by atoms with Gasteiger partial charge in [-0.25, -0.2) is 0 Å². The first-order valence-corrected chi connectivity index (χ1v) is 15.7. The van der Waals surface area contributed by atoms with Crippen molar-refractivity contribution in [3.05, 3.63) is 87.1 Å². The van der Waals surface area contributed by atoms with Crippen molar-refractivity contribution in [3.63, 3.8) is 0 Å². The molecule has 3 atom stereocenters. The van der Waals surface area contributed by atoms with Gasteiger partial charge in [-0.2, -0.15) is 0 Å². The fourth-order valence-electron chi connectivity index (χ4n) is 5.69. The molecule has 0 bridgehead atoms. The molecule has 0 aliphatic heterocycles. The number of halogens is 1. The maximum Gasteiger partial charge on any atom is 0.265 e. The Morgan fingerprint density at radius 1 is 1.00 bits per heavy atom. The molecule has 8 heteroatoms. The van der Waals surface area contributed by atoms with Gasteiger partial charge < -0.3 is 20.1 Å². The summed E-state index contributed by atoms with van der Waals surface area (Å²) in [6.45, 7) is 6.00. The Labute approximate surface area is 252 Å². The van der Waals surface area contributed by atoms with Crippen LogP contribution in [0, 0.1) is 11.8 Å². The van der Waals surface area contributed by atoms with Crippen molar-refractivity contribution >= 4 is 34.8 Å². The second-order valence-electron chi connectivity index (χ2n) is 11.3. The van der Waals surface area contributed by atoms with Crippen LogP contribution in [-0.4, -0.2) is 40.5 Å². The number of rotatable bonds is 12. The summed E-state index contributed by atoms with van der Waals surface area (Å²) in [5.74, 6) is -0.425. The third kappa shape index (κ3) is 7.91. The number of carbonyl (C=O) groups excluding carboxylic acids is 2. The van der Waals surface area contributed by atoms with Gasteiger partial charge in [0.1, 0.15) is 18.4 Å². The SMILES string of the molecule is CC(C)[C@@H](C(=O)NC1CCCCC1)N(C(=O)c1ccc(Cl)s1)[C@H](c1ccccc1OCc1ccccc1)[C@H](C)CO. The maximum absolute atomic E-state index is 14.4. The summed E-state index contributed by atoms with van der Waals surface area (Å²) in [4.78, 5) is 30.6. The zero-order valence-electron chi connectivity index (χ0n) is 24.1. The summed E-state index contributed by atoms with van der Waals surface area (Å²) in [5, 5.41) is 13.8. The smallest absolute Gasteiger partial charge is 0.265 e. The molecule has 2 aromatic carbocycles. The number of aliphatic hydroxyl groups is 1. The van der Waals surface area contributed by atoms with Crippen LogP contribution in [0.2, 0.25) is 4.34 Å². The maximum atomic E-state index is 14.4. The lowest BCUT2D eigenvalue weighted by Gasteiger charge is -2.42. The number of carbonyl (C=O) groups is 2. The minimum absolute atomic E-state index is 0.0980. The van der Waals surface area contributed by atoms with Gasteiger partial charge in [0, 0.05) is 24.1 Å². The lowest BCUT2D eigenvalue weighted by atomic mass is 9.88. The van der Waals surface area contributed by atoms with E-state index in [4.69, 9.17) is 16.3 Å². The minimum atomic E-state index is -0.772. The topological polar surface area (TPSA) is 78.9 Å². The highest BCUT2D eigenvalue weighted by molar-refractivity contribution is 7.18. The molecule has 0 spiro atoms. The van der Waals surface area contributed by atoms with Crippen LogP contribution < -0.4 is 10.1 Å². The van der Waals surface area contributed by atoms with E-state index in [1.807, 2.05) is 75.4 Å². The van der Waals surface area contributed by atoms with Crippen LogP contribution in [-0.2, 0) is 11.4 Å². The number of hydrogen-bond acceptors (Lipinski definition) is 5. The first kappa shape index (κ1) is 31.1. The molecular weight excluding hydrogens is 556 g/mol. The summed E-state index contributed by atoms with van der Waals surface area (Å²) in [7, 11) is 0. The number of ether oxygens (including phenoxy) is 1.